The van der Waals surface area contributed by atoms with Crippen molar-refractivity contribution in [2.24, 2.45) is 10.5 Å². The molecule has 1 atom stereocenters. The van der Waals surface area contributed by atoms with Crippen molar-refractivity contribution in [2.45, 2.75) is 52.5 Å². The van der Waals surface area contributed by atoms with Crippen LogP contribution in [0.15, 0.2) is 83.0 Å². The third kappa shape index (κ3) is 4.33. The van der Waals surface area contributed by atoms with Gasteiger partial charge in [0.15, 0.2) is 0 Å². The van der Waals surface area contributed by atoms with E-state index in [-0.39, 0.29) is 11.5 Å². The number of anilines is 1. The van der Waals surface area contributed by atoms with Crippen molar-refractivity contribution in [2.75, 3.05) is 5.01 Å². The van der Waals surface area contributed by atoms with E-state index in [9.17, 15) is 0 Å². The third-order valence-corrected chi connectivity index (χ3v) is 6.41. The zero-order valence-electron chi connectivity index (χ0n) is 17.5. The average Bonchev–Trinajstić information content (AvgIpc) is 3.12. The molecule has 150 valence electrons. The van der Waals surface area contributed by atoms with Crippen LogP contribution in [0.2, 0.25) is 5.02 Å². The number of rotatable bonds is 4. The van der Waals surface area contributed by atoms with Gasteiger partial charge in [-0.1, -0.05) is 67.4 Å². The normalized spacial score (nSPS) is 21.7. The van der Waals surface area contributed by atoms with Gasteiger partial charge in [0.05, 0.1) is 17.4 Å². The minimum atomic E-state index is 0.158. The molecule has 4 rings (SSSR count). The molecule has 0 bridgehead atoms. The summed E-state index contributed by atoms with van der Waals surface area (Å²) in [5.74, 6) is 0. The van der Waals surface area contributed by atoms with Gasteiger partial charge in [-0.2, -0.15) is 5.10 Å². The summed E-state index contributed by atoms with van der Waals surface area (Å²) >= 11 is 6.29. The van der Waals surface area contributed by atoms with Crippen molar-refractivity contribution in [3.05, 3.63) is 88.5 Å². The molecule has 0 N–H and O–H groups in total. The number of benzene rings is 2. The Balaban J connectivity index is 1.66. The highest BCUT2D eigenvalue weighted by atomic mass is 35.5. The summed E-state index contributed by atoms with van der Waals surface area (Å²) < 4.78 is 0. The van der Waals surface area contributed by atoms with Crippen LogP contribution in [0.1, 0.15) is 58.1 Å². The highest BCUT2D eigenvalue weighted by Crippen LogP contribution is 2.41. The molecule has 3 heteroatoms. The Labute approximate surface area is 179 Å². The quantitative estimate of drug-likeness (QED) is 0.508. The SMILES string of the molecule is CC1=C(/C=C/C2=NN(c3ccccc3)C(c3cccc(Cl)c3)C2)C(C)(C)CCC1. The van der Waals surface area contributed by atoms with Crippen LogP contribution in [-0.4, -0.2) is 5.71 Å². The van der Waals surface area contributed by atoms with Crippen LogP contribution in [0.4, 0.5) is 5.69 Å². The minimum Gasteiger partial charge on any atom is -0.257 e. The zero-order chi connectivity index (χ0) is 20.4. The van der Waals surface area contributed by atoms with Crippen LogP contribution < -0.4 is 5.01 Å². The topological polar surface area (TPSA) is 15.6 Å². The van der Waals surface area contributed by atoms with Crippen LogP contribution in [0.3, 0.4) is 0 Å². The number of halogens is 1. The number of hydrogen-bond acceptors (Lipinski definition) is 2. The van der Waals surface area contributed by atoms with E-state index in [1.807, 2.05) is 18.2 Å². The summed E-state index contributed by atoms with van der Waals surface area (Å²) in [6.45, 7) is 7.00. The van der Waals surface area contributed by atoms with Gasteiger partial charge in [0, 0.05) is 11.4 Å². The lowest BCUT2D eigenvalue weighted by molar-refractivity contribution is 0.377. The van der Waals surface area contributed by atoms with E-state index >= 15 is 0 Å². The Morgan fingerprint density at radius 2 is 1.86 bits per heavy atom. The van der Waals surface area contributed by atoms with Crippen molar-refractivity contribution in [1.29, 1.82) is 0 Å². The van der Waals surface area contributed by atoms with Crippen molar-refractivity contribution < 1.29 is 0 Å². The molecule has 0 aromatic heterocycles. The van der Waals surface area contributed by atoms with Crippen molar-refractivity contribution in [3.63, 3.8) is 0 Å². The zero-order valence-corrected chi connectivity index (χ0v) is 18.3. The summed E-state index contributed by atoms with van der Waals surface area (Å²) in [5, 5.41) is 7.91. The van der Waals surface area contributed by atoms with E-state index < -0.39 is 0 Å². The average molecular weight is 405 g/mol. The molecule has 1 aliphatic heterocycles. The van der Waals surface area contributed by atoms with E-state index in [1.54, 1.807) is 0 Å². The first-order valence-corrected chi connectivity index (χ1v) is 10.9. The summed E-state index contributed by atoms with van der Waals surface area (Å²) in [5.41, 5.74) is 6.65. The van der Waals surface area contributed by atoms with Gasteiger partial charge in [-0.15, -0.1) is 0 Å². The number of hydrazone groups is 1. The molecule has 0 radical (unpaired) electrons. The molecular weight excluding hydrogens is 376 g/mol. The predicted molar refractivity (Wildman–Crippen MR) is 125 cm³/mol. The number of hydrogen-bond donors (Lipinski definition) is 0. The van der Waals surface area contributed by atoms with Gasteiger partial charge in [0.2, 0.25) is 0 Å². The summed E-state index contributed by atoms with van der Waals surface area (Å²) in [4.78, 5) is 0. The van der Waals surface area contributed by atoms with Crippen LogP contribution >= 0.6 is 11.6 Å². The highest BCUT2D eigenvalue weighted by Gasteiger charge is 2.30. The van der Waals surface area contributed by atoms with Gasteiger partial charge in [-0.25, -0.2) is 0 Å². The van der Waals surface area contributed by atoms with Gasteiger partial charge in [-0.05, 0) is 73.1 Å². The van der Waals surface area contributed by atoms with Gasteiger partial charge in [0.1, 0.15) is 0 Å². The monoisotopic (exact) mass is 404 g/mol. The lowest BCUT2D eigenvalue weighted by Crippen LogP contribution is -2.19. The fourth-order valence-electron chi connectivity index (χ4n) is 4.62. The lowest BCUT2D eigenvalue weighted by Gasteiger charge is -2.32. The fourth-order valence-corrected chi connectivity index (χ4v) is 4.81. The Bertz CT molecular complexity index is 969. The maximum Gasteiger partial charge on any atom is 0.0832 e. The van der Waals surface area contributed by atoms with Crippen molar-refractivity contribution in [1.82, 2.24) is 0 Å². The molecular formula is C26H29ClN2. The Morgan fingerprint density at radius 1 is 1.07 bits per heavy atom. The largest absolute Gasteiger partial charge is 0.257 e. The Kier molecular flexibility index (Phi) is 5.65. The van der Waals surface area contributed by atoms with Gasteiger partial charge < -0.3 is 0 Å². The van der Waals surface area contributed by atoms with Crippen LogP contribution in [0, 0.1) is 5.41 Å². The van der Waals surface area contributed by atoms with Gasteiger partial charge >= 0.3 is 0 Å². The number of para-hydroxylation sites is 1. The van der Waals surface area contributed by atoms with E-state index in [2.05, 4.69) is 74.3 Å². The summed E-state index contributed by atoms with van der Waals surface area (Å²) in [6, 6.07) is 18.7. The molecule has 0 fully saturated rings. The molecule has 1 unspecified atom stereocenters. The van der Waals surface area contributed by atoms with Crippen LogP contribution in [0.5, 0.6) is 0 Å². The fraction of sp³-hybridized carbons (Fsp3) is 0.346. The molecule has 0 saturated heterocycles. The highest BCUT2D eigenvalue weighted by molar-refractivity contribution is 6.30. The molecule has 2 aromatic carbocycles. The minimum absolute atomic E-state index is 0.158. The van der Waals surface area contributed by atoms with E-state index in [0.717, 1.165) is 22.8 Å². The molecule has 1 aliphatic carbocycles. The second kappa shape index (κ2) is 8.20. The molecule has 2 aromatic rings. The van der Waals surface area contributed by atoms with Crippen LogP contribution in [0.25, 0.3) is 0 Å². The molecule has 2 nitrogen and oxygen atoms in total. The second-order valence-electron chi connectivity index (χ2n) is 8.81. The molecule has 0 spiro atoms. The van der Waals surface area contributed by atoms with Crippen LogP contribution in [-0.2, 0) is 0 Å². The maximum atomic E-state index is 6.29. The smallest absolute Gasteiger partial charge is 0.0832 e. The first-order valence-electron chi connectivity index (χ1n) is 10.5. The molecule has 2 aliphatic rings. The summed E-state index contributed by atoms with van der Waals surface area (Å²) in [6.07, 6.45) is 9.16. The Morgan fingerprint density at radius 3 is 2.59 bits per heavy atom. The molecule has 0 amide bonds. The molecule has 29 heavy (non-hydrogen) atoms. The van der Waals surface area contributed by atoms with E-state index in [4.69, 9.17) is 16.7 Å². The first kappa shape index (κ1) is 20.0. The van der Waals surface area contributed by atoms with Gasteiger partial charge in [-0.3, -0.25) is 5.01 Å². The third-order valence-electron chi connectivity index (χ3n) is 6.17. The Hall–Kier alpha value is -2.32. The van der Waals surface area contributed by atoms with Crippen molar-refractivity contribution >= 4 is 23.0 Å². The molecule has 0 saturated carbocycles. The van der Waals surface area contributed by atoms with E-state index in [1.165, 1.54) is 36.0 Å². The predicted octanol–water partition coefficient (Wildman–Crippen LogP) is 7.73. The maximum absolute atomic E-state index is 6.29. The summed E-state index contributed by atoms with van der Waals surface area (Å²) in [7, 11) is 0. The number of nitrogens with zero attached hydrogens (tertiary/aromatic N) is 2. The standard InChI is InChI=1S/C26H29ClN2/c1-19-9-8-16-26(2,3)24(19)15-14-22-18-25(20-10-7-11-21(27)17-20)29(28-22)23-12-5-4-6-13-23/h4-7,10-15,17,25H,8-9,16,18H2,1-3H3/b15-14+. The van der Waals surface area contributed by atoms with Gasteiger partial charge in [0.25, 0.3) is 0 Å². The second-order valence-corrected chi connectivity index (χ2v) is 9.25. The lowest BCUT2D eigenvalue weighted by atomic mass is 9.72. The number of allylic oxidation sites excluding steroid dienone is 4. The molecule has 1 heterocycles. The van der Waals surface area contributed by atoms with E-state index in [0.29, 0.717) is 0 Å². The van der Waals surface area contributed by atoms with Crippen molar-refractivity contribution in [3.8, 4) is 0 Å². The first-order chi connectivity index (χ1) is 13.9.